The molecule has 1 unspecified atom stereocenters. The number of aliphatic carboxylic acids is 1. The van der Waals surface area contributed by atoms with E-state index in [2.05, 4.69) is 6.92 Å². The van der Waals surface area contributed by atoms with E-state index in [0.717, 1.165) is 37.7 Å². The number of hydrogen-bond acceptors (Lipinski definition) is 1. The van der Waals surface area contributed by atoms with Gasteiger partial charge in [0.05, 0.1) is 5.41 Å². The summed E-state index contributed by atoms with van der Waals surface area (Å²) in [5.41, 5.74) is 1.53. The van der Waals surface area contributed by atoms with Gasteiger partial charge in [-0.25, -0.2) is 0 Å². The molecular weight excluding hydrogens is 248 g/mol. The first kappa shape index (κ1) is 15.1. The number of unbranched alkanes of at least 4 members (excludes halogenated alkanes) is 1. The Morgan fingerprint density at radius 1 is 1.25 bits per heavy atom. The molecule has 1 fully saturated rings. The normalized spacial score (nSPS) is 18.9. The second kappa shape index (κ2) is 6.43. The zero-order chi connectivity index (χ0) is 14.6. The van der Waals surface area contributed by atoms with Crippen LogP contribution < -0.4 is 0 Å². The van der Waals surface area contributed by atoms with Gasteiger partial charge < -0.3 is 5.11 Å². The quantitative estimate of drug-likeness (QED) is 0.816. The van der Waals surface area contributed by atoms with Crippen molar-refractivity contribution in [2.24, 2.45) is 5.92 Å². The molecule has 1 atom stereocenters. The number of aryl methyl sites for hydroxylation is 1. The van der Waals surface area contributed by atoms with Gasteiger partial charge in [0.15, 0.2) is 0 Å². The molecule has 0 bridgehead atoms. The maximum absolute atomic E-state index is 12.2. The topological polar surface area (TPSA) is 37.3 Å². The third-order valence-electron chi connectivity index (χ3n) is 4.93. The molecule has 20 heavy (non-hydrogen) atoms. The molecule has 1 aromatic carbocycles. The van der Waals surface area contributed by atoms with Crippen LogP contribution in [0.15, 0.2) is 24.3 Å². The van der Waals surface area contributed by atoms with E-state index in [-0.39, 0.29) is 0 Å². The lowest BCUT2D eigenvalue weighted by Crippen LogP contribution is -2.42. The third kappa shape index (κ3) is 2.74. The standard InChI is InChI=1S/C18H26O2/c1-3-4-13-18(17(19)20,15-7-5-6-8-15)16-11-9-14(2)10-12-16/h9-12,15H,3-8,13H2,1-2H3,(H,19,20). The highest BCUT2D eigenvalue weighted by Gasteiger charge is 2.47. The Bertz CT molecular complexity index is 443. The minimum absolute atomic E-state index is 0.300. The van der Waals surface area contributed by atoms with Crippen molar-refractivity contribution >= 4 is 5.97 Å². The van der Waals surface area contributed by atoms with Gasteiger partial charge >= 0.3 is 5.97 Å². The molecule has 1 aliphatic rings. The van der Waals surface area contributed by atoms with Crippen molar-refractivity contribution in [1.82, 2.24) is 0 Å². The van der Waals surface area contributed by atoms with Gasteiger partial charge in [-0.15, -0.1) is 0 Å². The molecule has 2 nitrogen and oxygen atoms in total. The molecule has 1 N–H and O–H groups in total. The highest BCUT2D eigenvalue weighted by Crippen LogP contribution is 2.46. The molecule has 0 saturated heterocycles. The van der Waals surface area contributed by atoms with Gasteiger partial charge in [-0.05, 0) is 37.7 Å². The number of carbonyl (C=O) groups is 1. The number of benzene rings is 1. The zero-order valence-corrected chi connectivity index (χ0v) is 12.7. The molecule has 0 radical (unpaired) electrons. The lowest BCUT2D eigenvalue weighted by atomic mass is 9.66. The molecule has 0 aromatic heterocycles. The van der Waals surface area contributed by atoms with Crippen molar-refractivity contribution in [3.05, 3.63) is 35.4 Å². The van der Waals surface area contributed by atoms with Crippen molar-refractivity contribution < 1.29 is 9.90 Å². The average Bonchev–Trinajstić information content (AvgIpc) is 2.95. The van der Waals surface area contributed by atoms with E-state index in [9.17, 15) is 9.90 Å². The highest BCUT2D eigenvalue weighted by molar-refractivity contribution is 5.82. The predicted molar refractivity (Wildman–Crippen MR) is 82.0 cm³/mol. The molecule has 0 aliphatic heterocycles. The van der Waals surface area contributed by atoms with E-state index in [1.165, 1.54) is 18.4 Å². The fourth-order valence-electron chi connectivity index (χ4n) is 3.71. The summed E-state index contributed by atoms with van der Waals surface area (Å²) in [6.45, 7) is 4.18. The summed E-state index contributed by atoms with van der Waals surface area (Å²) in [7, 11) is 0. The summed E-state index contributed by atoms with van der Waals surface area (Å²) >= 11 is 0. The van der Waals surface area contributed by atoms with Crippen molar-refractivity contribution in [2.75, 3.05) is 0 Å². The lowest BCUT2D eigenvalue weighted by Gasteiger charge is -2.36. The van der Waals surface area contributed by atoms with Crippen LogP contribution in [-0.2, 0) is 10.2 Å². The van der Waals surface area contributed by atoms with Crippen LogP contribution in [0.25, 0.3) is 0 Å². The zero-order valence-electron chi connectivity index (χ0n) is 12.7. The minimum Gasteiger partial charge on any atom is -0.481 e. The van der Waals surface area contributed by atoms with E-state index in [1.807, 2.05) is 31.2 Å². The molecule has 1 aliphatic carbocycles. The van der Waals surface area contributed by atoms with E-state index in [1.54, 1.807) is 0 Å². The maximum atomic E-state index is 12.2. The van der Waals surface area contributed by atoms with Gasteiger partial charge in [-0.1, -0.05) is 62.4 Å². The van der Waals surface area contributed by atoms with E-state index < -0.39 is 11.4 Å². The van der Waals surface area contributed by atoms with Gasteiger partial charge in [0.25, 0.3) is 0 Å². The number of hydrogen-bond donors (Lipinski definition) is 1. The predicted octanol–water partition coefficient (Wildman–Crippen LogP) is 4.70. The van der Waals surface area contributed by atoms with Gasteiger partial charge in [0, 0.05) is 0 Å². The first-order chi connectivity index (χ1) is 9.61. The molecule has 1 saturated carbocycles. The highest BCUT2D eigenvalue weighted by atomic mass is 16.4. The summed E-state index contributed by atoms with van der Waals surface area (Å²) in [5, 5.41) is 10.0. The monoisotopic (exact) mass is 274 g/mol. The van der Waals surface area contributed by atoms with Crippen LogP contribution in [-0.4, -0.2) is 11.1 Å². The SMILES string of the molecule is CCCCC(C(=O)O)(c1ccc(C)cc1)C1CCCC1. The Morgan fingerprint density at radius 2 is 1.85 bits per heavy atom. The minimum atomic E-state index is -0.666. The van der Waals surface area contributed by atoms with E-state index in [0.29, 0.717) is 5.92 Å². The Hall–Kier alpha value is -1.31. The second-order valence-corrected chi connectivity index (χ2v) is 6.23. The molecule has 110 valence electrons. The van der Waals surface area contributed by atoms with Crippen LogP contribution in [0.3, 0.4) is 0 Å². The molecular formula is C18H26O2. The Morgan fingerprint density at radius 3 is 2.35 bits per heavy atom. The van der Waals surface area contributed by atoms with Crippen molar-refractivity contribution in [3.63, 3.8) is 0 Å². The number of carboxylic acids is 1. The van der Waals surface area contributed by atoms with Gasteiger partial charge in [0.2, 0.25) is 0 Å². The second-order valence-electron chi connectivity index (χ2n) is 6.23. The summed E-state index contributed by atoms with van der Waals surface area (Å²) in [6, 6.07) is 8.18. The molecule has 0 heterocycles. The van der Waals surface area contributed by atoms with Crippen LogP contribution in [0.1, 0.15) is 63.0 Å². The third-order valence-corrected chi connectivity index (χ3v) is 4.93. The molecule has 1 aromatic rings. The Labute approximate surface area is 122 Å². The maximum Gasteiger partial charge on any atom is 0.314 e. The largest absolute Gasteiger partial charge is 0.481 e. The van der Waals surface area contributed by atoms with Crippen LogP contribution in [0.4, 0.5) is 0 Å². The van der Waals surface area contributed by atoms with Crippen LogP contribution in [0.2, 0.25) is 0 Å². The van der Waals surface area contributed by atoms with Crippen molar-refractivity contribution in [3.8, 4) is 0 Å². The van der Waals surface area contributed by atoms with Crippen LogP contribution >= 0.6 is 0 Å². The van der Waals surface area contributed by atoms with E-state index >= 15 is 0 Å². The molecule has 0 spiro atoms. The fraction of sp³-hybridized carbons (Fsp3) is 0.611. The summed E-state index contributed by atoms with van der Waals surface area (Å²) < 4.78 is 0. The molecule has 2 rings (SSSR count). The van der Waals surface area contributed by atoms with Crippen LogP contribution in [0.5, 0.6) is 0 Å². The first-order valence-electron chi connectivity index (χ1n) is 7.91. The summed E-state index contributed by atoms with van der Waals surface area (Å²) in [6.07, 6.45) is 7.28. The Balaban J connectivity index is 2.43. The lowest BCUT2D eigenvalue weighted by molar-refractivity contribution is -0.146. The summed E-state index contributed by atoms with van der Waals surface area (Å²) in [5.74, 6) is -0.323. The van der Waals surface area contributed by atoms with E-state index in [4.69, 9.17) is 0 Å². The number of rotatable bonds is 6. The smallest absolute Gasteiger partial charge is 0.314 e. The van der Waals surface area contributed by atoms with Crippen LogP contribution in [0, 0.1) is 12.8 Å². The molecule has 2 heteroatoms. The molecule has 0 amide bonds. The average molecular weight is 274 g/mol. The summed E-state index contributed by atoms with van der Waals surface area (Å²) in [4.78, 5) is 12.2. The fourth-order valence-corrected chi connectivity index (χ4v) is 3.71. The number of carboxylic acid groups (broad SMARTS) is 1. The van der Waals surface area contributed by atoms with Gasteiger partial charge in [0.1, 0.15) is 0 Å². The van der Waals surface area contributed by atoms with Gasteiger partial charge in [-0.3, -0.25) is 4.79 Å². The van der Waals surface area contributed by atoms with Crippen molar-refractivity contribution in [1.29, 1.82) is 0 Å². The van der Waals surface area contributed by atoms with Gasteiger partial charge in [-0.2, -0.15) is 0 Å². The Kier molecular flexibility index (Phi) is 4.85. The first-order valence-corrected chi connectivity index (χ1v) is 7.91. The van der Waals surface area contributed by atoms with Crippen molar-refractivity contribution in [2.45, 2.75) is 64.2 Å².